The number of hydrogen-bond acceptors (Lipinski definition) is 3. The lowest BCUT2D eigenvalue weighted by atomic mass is 10.1. The van der Waals surface area contributed by atoms with E-state index >= 15 is 0 Å². The predicted octanol–water partition coefficient (Wildman–Crippen LogP) is 2.14. The highest BCUT2D eigenvalue weighted by atomic mass is 19.1. The maximum atomic E-state index is 13.6. The molecule has 0 radical (unpaired) electrons. The summed E-state index contributed by atoms with van der Waals surface area (Å²) in [5.41, 5.74) is 0.625. The number of nitrogens with one attached hydrogen (secondary N) is 1. The number of likely N-dealkylation sites (N-methyl/N-ethyl adjacent to an activating group) is 1. The fraction of sp³-hybridized carbons (Fsp3) is 0.538. The number of ether oxygens (including phenoxy) is 2. The first-order valence-corrected chi connectivity index (χ1v) is 5.71. The van der Waals surface area contributed by atoms with E-state index in [1.165, 1.54) is 6.07 Å². The average Bonchev–Trinajstić information content (AvgIpc) is 2.32. The van der Waals surface area contributed by atoms with E-state index in [0.717, 1.165) is 0 Å². The Morgan fingerprint density at radius 1 is 1.29 bits per heavy atom. The van der Waals surface area contributed by atoms with Gasteiger partial charge in [-0.25, -0.2) is 4.39 Å². The zero-order valence-corrected chi connectivity index (χ0v) is 10.6. The third kappa shape index (κ3) is 4.42. The van der Waals surface area contributed by atoms with Crippen molar-refractivity contribution in [1.82, 2.24) is 5.32 Å². The Labute approximate surface area is 102 Å². The maximum absolute atomic E-state index is 13.6. The summed E-state index contributed by atoms with van der Waals surface area (Å²) >= 11 is 0. The van der Waals surface area contributed by atoms with Crippen LogP contribution in [-0.4, -0.2) is 33.5 Å². The van der Waals surface area contributed by atoms with Crippen LogP contribution in [0.4, 0.5) is 4.39 Å². The van der Waals surface area contributed by atoms with Crippen LogP contribution in [0, 0.1) is 5.82 Å². The molecule has 96 valence electrons. The molecule has 2 unspecified atom stereocenters. The lowest BCUT2D eigenvalue weighted by Crippen LogP contribution is -2.26. The second kappa shape index (κ2) is 7.37. The average molecular weight is 241 g/mol. The number of rotatable bonds is 7. The summed E-state index contributed by atoms with van der Waals surface area (Å²) in [7, 11) is 3.42. The van der Waals surface area contributed by atoms with Crippen molar-refractivity contribution in [3.05, 3.63) is 35.6 Å². The van der Waals surface area contributed by atoms with Crippen LogP contribution in [0.1, 0.15) is 18.5 Å². The van der Waals surface area contributed by atoms with Gasteiger partial charge in [-0.1, -0.05) is 18.2 Å². The number of methoxy groups -OCH3 is 1. The molecule has 1 aromatic carbocycles. The van der Waals surface area contributed by atoms with Gasteiger partial charge in [-0.3, -0.25) is 0 Å². The molecule has 0 spiro atoms. The van der Waals surface area contributed by atoms with Crippen molar-refractivity contribution in [2.45, 2.75) is 19.1 Å². The Morgan fingerprint density at radius 2 is 2.00 bits per heavy atom. The van der Waals surface area contributed by atoms with Crippen LogP contribution in [0.2, 0.25) is 0 Å². The van der Waals surface area contributed by atoms with E-state index in [4.69, 9.17) is 9.47 Å². The summed E-state index contributed by atoms with van der Waals surface area (Å²) in [5.74, 6) is -0.213. The third-order valence-electron chi connectivity index (χ3n) is 2.58. The summed E-state index contributed by atoms with van der Waals surface area (Å²) in [5, 5.41) is 3.05. The van der Waals surface area contributed by atoms with Gasteiger partial charge < -0.3 is 14.8 Å². The second-order valence-electron chi connectivity index (χ2n) is 3.96. The molecule has 4 heteroatoms. The molecular weight excluding hydrogens is 221 g/mol. The zero-order chi connectivity index (χ0) is 12.7. The third-order valence-corrected chi connectivity index (χ3v) is 2.58. The topological polar surface area (TPSA) is 30.5 Å². The SMILES string of the molecule is CNC(COC(C)COC)c1ccccc1F. The van der Waals surface area contributed by atoms with E-state index in [1.807, 2.05) is 13.0 Å². The van der Waals surface area contributed by atoms with Gasteiger partial charge >= 0.3 is 0 Å². The minimum Gasteiger partial charge on any atom is -0.382 e. The van der Waals surface area contributed by atoms with Gasteiger partial charge in [-0.15, -0.1) is 0 Å². The Balaban J connectivity index is 2.57. The second-order valence-corrected chi connectivity index (χ2v) is 3.96. The van der Waals surface area contributed by atoms with Crippen LogP contribution in [0.5, 0.6) is 0 Å². The molecule has 0 fully saturated rings. The summed E-state index contributed by atoms with van der Waals surface area (Å²) in [6.45, 7) is 2.88. The Kier molecular flexibility index (Phi) is 6.11. The summed E-state index contributed by atoms with van der Waals surface area (Å²) in [4.78, 5) is 0. The van der Waals surface area contributed by atoms with Gasteiger partial charge in [-0.2, -0.15) is 0 Å². The van der Waals surface area contributed by atoms with Gasteiger partial charge in [0.1, 0.15) is 5.82 Å². The molecule has 0 aliphatic heterocycles. The van der Waals surface area contributed by atoms with E-state index in [9.17, 15) is 4.39 Å². The highest BCUT2D eigenvalue weighted by molar-refractivity contribution is 5.21. The first-order valence-electron chi connectivity index (χ1n) is 5.71. The molecule has 1 aromatic rings. The molecule has 0 saturated carbocycles. The molecule has 0 aromatic heterocycles. The monoisotopic (exact) mass is 241 g/mol. The molecule has 1 rings (SSSR count). The van der Waals surface area contributed by atoms with Crippen LogP contribution in [0.3, 0.4) is 0 Å². The van der Waals surface area contributed by atoms with E-state index in [2.05, 4.69) is 5.32 Å². The van der Waals surface area contributed by atoms with Crippen molar-refractivity contribution in [1.29, 1.82) is 0 Å². The van der Waals surface area contributed by atoms with E-state index in [1.54, 1.807) is 26.3 Å². The van der Waals surface area contributed by atoms with Gasteiger partial charge in [0.05, 0.1) is 25.4 Å². The largest absolute Gasteiger partial charge is 0.382 e. The smallest absolute Gasteiger partial charge is 0.128 e. The van der Waals surface area contributed by atoms with E-state index in [-0.39, 0.29) is 18.0 Å². The Hall–Kier alpha value is -0.970. The van der Waals surface area contributed by atoms with Crippen LogP contribution >= 0.6 is 0 Å². The molecule has 3 nitrogen and oxygen atoms in total. The minimum absolute atomic E-state index is 0.00243. The quantitative estimate of drug-likeness (QED) is 0.793. The van der Waals surface area contributed by atoms with Crippen LogP contribution in [0.25, 0.3) is 0 Å². The van der Waals surface area contributed by atoms with E-state index < -0.39 is 0 Å². The van der Waals surface area contributed by atoms with Crippen molar-refractivity contribution in [3.63, 3.8) is 0 Å². The first-order chi connectivity index (χ1) is 8.19. The van der Waals surface area contributed by atoms with Crippen molar-refractivity contribution < 1.29 is 13.9 Å². The zero-order valence-electron chi connectivity index (χ0n) is 10.6. The fourth-order valence-corrected chi connectivity index (χ4v) is 1.63. The van der Waals surface area contributed by atoms with Gasteiger partial charge in [0.15, 0.2) is 0 Å². The Bertz CT molecular complexity index is 333. The van der Waals surface area contributed by atoms with Crippen molar-refractivity contribution >= 4 is 0 Å². The molecule has 0 aliphatic rings. The molecule has 0 amide bonds. The highest BCUT2D eigenvalue weighted by Gasteiger charge is 2.14. The lowest BCUT2D eigenvalue weighted by molar-refractivity contribution is -0.000121. The van der Waals surface area contributed by atoms with Crippen molar-refractivity contribution in [2.24, 2.45) is 0 Å². The van der Waals surface area contributed by atoms with Crippen LogP contribution in [-0.2, 0) is 9.47 Å². The standard InChI is InChI=1S/C13H20FNO2/c1-10(8-16-3)17-9-13(15-2)11-6-4-5-7-12(11)14/h4-7,10,13,15H,8-9H2,1-3H3. The molecule has 0 bridgehead atoms. The number of hydrogen-bond donors (Lipinski definition) is 1. The van der Waals surface area contributed by atoms with Crippen molar-refractivity contribution in [3.8, 4) is 0 Å². The van der Waals surface area contributed by atoms with Gasteiger partial charge in [0, 0.05) is 12.7 Å². The number of halogens is 1. The normalized spacial score (nSPS) is 14.6. The lowest BCUT2D eigenvalue weighted by Gasteiger charge is -2.20. The molecule has 1 N–H and O–H groups in total. The first kappa shape index (κ1) is 14.1. The molecule has 2 atom stereocenters. The fourth-order valence-electron chi connectivity index (χ4n) is 1.63. The number of benzene rings is 1. The summed E-state index contributed by atoms with van der Waals surface area (Å²) in [6, 6.07) is 6.58. The molecule has 0 aliphatic carbocycles. The van der Waals surface area contributed by atoms with Crippen LogP contribution < -0.4 is 5.32 Å². The van der Waals surface area contributed by atoms with Gasteiger partial charge in [0.2, 0.25) is 0 Å². The van der Waals surface area contributed by atoms with Crippen molar-refractivity contribution in [2.75, 3.05) is 27.4 Å². The molecular formula is C13H20FNO2. The molecule has 0 heterocycles. The minimum atomic E-state index is -0.213. The molecule has 0 saturated heterocycles. The van der Waals surface area contributed by atoms with E-state index in [0.29, 0.717) is 18.8 Å². The van der Waals surface area contributed by atoms with Gasteiger partial charge in [0.25, 0.3) is 0 Å². The maximum Gasteiger partial charge on any atom is 0.128 e. The predicted molar refractivity (Wildman–Crippen MR) is 65.5 cm³/mol. The molecule has 17 heavy (non-hydrogen) atoms. The van der Waals surface area contributed by atoms with Gasteiger partial charge in [-0.05, 0) is 20.0 Å². The summed E-state index contributed by atoms with van der Waals surface area (Å²) in [6.07, 6.45) is 0.00243. The summed E-state index contributed by atoms with van der Waals surface area (Å²) < 4.78 is 24.1. The van der Waals surface area contributed by atoms with Crippen LogP contribution in [0.15, 0.2) is 24.3 Å². The Morgan fingerprint density at radius 3 is 2.59 bits per heavy atom. The highest BCUT2D eigenvalue weighted by Crippen LogP contribution is 2.17.